The van der Waals surface area contributed by atoms with Crippen LogP contribution < -0.4 is 22.3 Å². The number of carbonyl (C=O) groups excluding carboxylic acids is 2. The highest BCUT2D eigenvalue weighted by molar-refractivity contribution is 9.09. The van der Waals surface area contributed by atoms with Crippen molar-refractivity contribution in [2.75, 3.05) is 57.3 Å². The van der Waals surface area contributed by atoms with Crippen molar-refractivity contribution in [2.24, 2.45) is 11.5 Å². The Kier molecular flexibility index (Phi) is 41.9. The number of esters is 2. The first-order valence-electron chi connectivity index (χ1n) is 34.2. The number of aliphatic hydroxyl groups is 2. The van der Waals surface area contributed by atoms with Gasteiger partial charge in [-0.05, 0) is 104 Å². The van der Waals surface area contributed by atoms with Gasteiger partial charge in [0.1, 0.15) is 39.6 Å². The zero-order chi connectivity index (χ0) is 75.4. The van der Waals surface area contributed by atoms with Gasteiger partial charge < -0.3 is 85.0 Å². The third-order valence-electron chi connectivity index (χ3n) is 15.3. The molecule has 12 N–H and O–H groups in total. The van der Waals surface area contributed by atoms with E-state index in [-0.39, 0.29) is 55.3 Å². The number of hydrogen-bond donors (Lipinski definition) is 10. The van der Waals surface area contributed by atoms with E-state index >= 15 is 0 Å². The molecule has 2 fully saturated rings. The number of nitrogens with one attached hydrogen (secondary N) is 6. The third-order valence-corrected chi connectivity index (χ3v) is 16.1. The summed E-state index contributed by atoms with van der Waals surface area (Å²) in [5, 5.41) is 32.9. The summed E-state index contributed by atoms with van der Waals surface area (Å²) in [7, 11) is 1.26. The molecule has 0 radical (unpaired) electrons. The second-order valence-corrected chi connectivity index (χ2v) is 23.8. The Labute approximate surface area is 631 Å². The summed E-state index contributed by atoms with van der Waals surface area (Å²) in [6, 6.07) is 44.0. The molecule has 105 heavy (non-hydrogen) atoms. The summed E-state index contributed by atoms with van der Waals surface area (Å²) < 4.78 is 29.7. The summed E-state index contributed by atoms with van der Waals surface area (Å²) in [4.78, 5) is 73.4. The van der Waals surface area contributed by atoms with E-state index in [4.69, 9.17) is 70.7 Å². The Hall–Kier alpha value is -9.49. The van der Waals surface area contributed by atoms with E-state index in [0.717, 1.165) is 113 Å². The van der Waals surface area contributed by atoms with E-state index in [2.05, 4.69) is 80.3 Å². The lowest BCUT2D eigenvalue weighted by Gasteiger charge is -2.26. The van der Waals surface area contributed by atoms with Gasteiger partial charge in [-0.25, -0.2) is 47.7 Å². The number of aromatic nitrogens is 9. The van der Waals surface area contributed by atoms with Crippen LogP contribution in [0.25, 0.3) is 77.0 Å². The van der Waals surface area contributed by atoms with Gasteiger partial charge in [0.05, 0.1) is 53.8 Å². The number of amidine groups is 1. The predicted molar refractivity (Wildman–Crippen MR) is 418 cm³/mol. The van der Waals surface area contributed by atoms with E-state index in [1.54, 1.807) is 25.4 Å². The first-order valence-corrected chi connectivity index (χ1v) is 35.7. The maximum atomic E-state index is 11.7. The summed E-state index contributed by atoms with van der Waals surface area (Å²) >= 11 is 9.35. The maximum absolute atomic E-state index is 11.7. The number of nitrogens with zero attached hydrogens (tertiary/aromatic N) is 7. The number of anilines is 1. The quantitative estimate of drug-likeness (QED) is 0.00644. The lowest BCUT2D eigenvalue weighted by atomic mass is 9.93. The Morgan fingerprint density at radius 1 is 0.629 bits per heavy atom. The molecular weight excluding hydrogens is 1450 g/mol. The molecule has 26 nitrogen and oxygen atoms in total. The average molecular weight is 1550 g/mol. The summed E-state index contributed by atoms with van der Waals surface area (Å²) in [5.41, 5.74) is 16.5. The summed E-state index contributed by atoms with van der Waals surface area (Å²) in [5.74, 6) is 1.95. The number of ether oxygens (including phenoxy) is 6. The number of rotatable bonds is 20. The number of H-pyrrole nitrogens is 4. The van der Waals surface area contributed by atoms with Crippen molar-refractivity contribution >= 4 is 96.6 Å². The number of hydrogen-bond acceptors (Lipinski definition) is 19. The first kappa shape index (κ1) is 87.9. The van der Waals surface area contributed by atoms with Crippen LogP contribution in [-0.4, -0.2) is 168 Å². The fourth-order valence-electron chi connectivity index (χ4n) is 10.1. The van der Waals surface area contributed by atoms with Crippen LogP contribution in [0.5, 0.6) is 0 Å². The van der Waals surface area contributed by atoms with Crippen LogP contribution in [0.15, 0.2) is 163 Å². The number of aliphatic hydroxyl groups excluding tert-OH is 2. The van der Waals surface area contributed by atoms with E-state index in [9.17, 15) is 19.5 Å². The first-order chi connectivity index (χ1) is 50.4. The molecule has 0 spiro atoms. The van der Waals surface area contributed by atoms with Gasteiger partial charge in [0.15, 0.2) is 24.2 Å². The number of halogens is 3. The lowest BCUT2D eigenvalue weighted by Crippen LogP contribution is -2.28. The van der Waals surface area contributed by atoms with Gasteiger partial charge in [-0.3, -0.25) is 10.2 Å². The lowest BCUT2D eigenvalue weighted by molar-refractivity contribution is -0.155. The van der Waals surface area contributed by atoms with Crippen LogP contribution in [0.3, 0.4) is 0 Å². The number of methoxy groups -OCH3 is 1. The topological polar surface area (TPSA) is 371 Å². The fourth-order valence-corrected chi connectivity index (χ4v) is 10.7. The smallest absolute Gasteiger partial charge is 0.390 e. The van der Waals surface area contributed by atoms with Crippen molar-refractivity contribution in [1.82, 2.24) is 44.9 Å². The Morgan fingerprint density at radius 3 is 1.52 bits per heavy atom. The molecule has 2 saturated carbocycles. The Bertz CT molecular complexity index is 4200. The molecule has 6 aromatic heterocycles. The second kappa shape index (κ2) is 50.0. The van der Waals surface area contributed by atoms with Crippen molar-refractivity contribution in [3.63, 3.8) is 0 Å². The third kappa shape index (κ3) is 31.4. The minimum Gasteiger partial charge on any atom is -0.463 e. The molecule has 0 bridgehead atoms. The second-order valence-electron chi connectivity index (χ2n) is 22.8. The molecule has 29 heteroatoms. The SMILES string of the molecule is CCOC(CBr)OCC.Cl.Clc1nc(-c2ccccc2)nc2[nH]ccc12.N=C(N)c1ccccc1.NC1CCC(O)CC1.O=c1[nH]c(-c2ccccc2)nc2[nH]ccc12.OC1CCC(Nc2nc(-c3ccccc3)nc3[nH]ccc23)CC1.[C-]#[N+]C(CC(OCC)OCC)C(=O)OC.[C-]#[N+]CC(=O)OCC. The van der Waals surface area contributed by atoms with Crippen LogP contribution in [0, 0.1) is 18.6 Å². The minimum atomic E-state index is -0.849. The van der Waals surface area contributed by atoms with Gasteiger partial charge >= 0.3 is 24.5 Å². The van der Waals surface area contributed by atoms with Crippen molar-refractivity contribution in [1.29, 1.82) is 5.41 Å². The van der Waals surface area contributed by atoms with Crippen LogP contribution >= 0.6 is 39.9 Å². The highest BCUT2D eigenvalue weighted by Gasteiger charge is 2.29. The molecule has 4 aromatic carbocycles. The maximum Gasteiger partial charge on any atom is 0.390 e. The van der Waals surface area contributed by atoms with Gasteiger partial charge in [-0.2, -0.15) is 0 Å². The van der Waals surface area contributed by atoms with E-state index in [1.807, 2.05) is 167 Å². The Morgan fingerprint density at radius 2 is 1.08 bits per heavy atom. The number of carbonyl (C=O) groups is 2. The van der Waals surface area contributed by atoms with Crippen LogP contribution in [0.4, 0.5) is 5.82 Å². The molecule has 1 atom stereocenters. The monoisotopic (exact) mass is 1540 g/mol. The van der Waals surface area contributed by atoms with Gasteiger partial charge in [0.2, 0.25) is 0 Å². The summed E-state index contributed by atoms with van der Waals surface area (Å²) in [6.45, 7) is 24.9. The van der Waals surface area contributed by atoms with Crippen LogP contribution in [0.2, 0.25) is 5.15 Å². The van der Waals surface area contributed by atoms with Gasteiger partial charge in [0.25, 0.3) is 5.56 Å². The normalized spacial score (nSPS) is 15.0. The summed E-state index contributed by atoms with van der Waals surface area (Å²) in [6.07, 6.45) is 12.3. The predicted octanol–water partition coefficient (Wildman–Crippen LogP) is 13.7. The molecule has 6 heterocycles. The zero-order valence-corrected chi connectivity index (χ0v) is 63.0. The minimum absolute atomic E-state index is 0. The van der Waals surface area contributed by atoms with Crippen molar-refractivity contribution in [3.8, 4) is 34.2 Å². The van der Waals surface area contributed by atoms with E-state index < -0.39 is 24.3 Å². The molecule has 10 aromatic rings. The molecule has 562 valence electrons. The zero-order valence-electron chi connectivity index (χ0n) is 59.9. The van der Waals surface area contributed by atoms with Crippen LogP contribution in [0.1, 0.15) is 98.0 Å². The number of alkyl halides is 1. The van der Waals surface area contributed by atoms with Crippen molar-refractivity contribution in [2.45, 2.75) is 135 Å². The average Bonchev–Trinajstić information content (AvgIpc) is 1.75. The fraction of sp³-hybridized carbons (Fsp3) is 0.382. The standard InChI is InChI=1S/C18H20N4O.C12H8ClN3.C12H9N3O.C10H17NO4.C7H8N2.C6H13BrO2.C6H13NO.C5H7NO2.ClH/c23-14-8-6-13(7-9-14)20-18-15-10-11-19-17(15)21-16(22-18)12-4-2-1-3-5-12;13-10-9-6-7-14-12(9)16-11(15-10)8-4-2-1-3-5-8;16-12-9-6-7-13-11(9)14-10(15-12)8-4-2-1-3-5-8;1-5-14-9(15-6-2)7-8(11-3)10(12)13-4;8-7(9)6-4-2-1-3-5-6;1-3-8-6(5-7)9-4-2;7-5-1-3-6(8)4-2-5;1-3-8-5(7)4-6-2;/h1-5,10-11,13-14,23H,6-9H2,(H2,19,20,21,22);1-7H,(H,14,15,16);1-7H,(H2,13,14,15,16);8-9H,5-7H2,1-2,4H3;1-5H,(H3,8,9);6H,3-5H2,1-2H3;5-6,8H,1-4,7H2;3-4H2,1H3;1H. The molecule has 0 amide bonds. The molecule has 2 aliphatic rings. The Balaban J connectivity index is 0.000000261. The molecule has 12 rings (SSSR count). The van der Waals surface area contributed by atoms with Crippen molar-refractivity contribution in [3.05, 3.63) is 202 Å². The molecule has 1 unspecified atom stereocenters. The largest absolute Gasteiger partial charge is 0.463 e. The molecular formula is C76H96BrCl2N15O11. The molecule has 0 aliphatic heterocycles. The number of nitrogen functional groups attached to an aromatic ring is 1. The highest BCUT2D eigenvalue weighted by Crippen LogP contribution is 2.29. The molecule has 0 saturated heterocycles. The van der Waals surface area contributed by atoms with E-state index in [1.165, 1.54) is 7.11 Å². The van der Waals surface area contributed by atoms with Crippen molar-refractivity contribution < 1.29 is 48.2 Å². The van der Waals surface area contributed by atoms with Gasteiger partial charge in [-0.1, -0.05) is 149 Å². The number of nitrogens with two attached hydrogens (primary N) is 2. The van der Waals surface area contributed by atoms with E-state index in [0.29, 0.717) is 73.0 Å². The number of fused-ring (bicyclic) bond motifs is 3. The number of benzene rings is 4. The molecule has 2 aliphatic carbocycles. The highest BCUT2D eigenvalue weighted by atomic mass is 79.9. The van der Waals surface area contributed by atoms with Gasteiger partial charge in [-0.15, -0.1) is 12.4 Å². The number of aromatic amines is 4. The van der Waals surface area contributed by atoms with Gasteiger partial charge in [0, 0.05) is 79.4 Å². The van der Waals surface area contributed by atoms with Crippen LogP contribution in [-0.2, 0) is 38.0 Å².